The molecule has 5 nitrogen and oxygen atoms in total. The summed E-state index contributed by atoms with van der Waals surface area (Å²) in [5.41, 5.74) is 0.577. The van der Waals surface area contributed by atoms with Gasteiger partial charge in [0, 0.05) is 22.0 Å². The minimum atomic E-state index is -0.114. The highest BCUT2D eigenvalue weighted by Gasteiger charge is 2.23. The van der Waals surface area contributed by atoms with Gasteiger partial charge in [-0.1, -0.05) is 15.9 Å². The monoisotopic (exact) mass is 429 g/mol. The molecule has 3 rings (SSSR count). The van der Waals surface area contributed by atoms with Crippen LogP contribution in [0.3, 0.4) is 0 Å². The van der Waals surface area contributed by atoms with Crippen molar-refractivity contribution in [3.05, 3.63) is 37.3 Å². The second-order valence-electron chi connectivity index (χ2n) is 5.75. The van der Waals surface area contributed by atoms with Gasteiger partial charge < -0.3 is 9.72 Å². The van der Waals surface area contributed by atoms with Gasteiger partial charge in [-0.05, 0) is 41.9 Å². The van der Waals surface area contributed by atoms with E-state index in [0.717, 1.165) is 22.0 Å². The molecule has 0 radical (unpaired) electrons. The highest BCUT2D eigenvalue weighted by Crippen LogP contribution is 2.25. The zero-order chi connectivity index (χ0) is 15.9. The fourth-order valence-corrected chi connectivity index (χ4v) is 4.23. The van der Waals surface area contributed by atoms with Crippen LogP contribution in [-0.4, -0.2) is 40.2 Å². The Kier molecular flexibility index (Phi) is 4.68. The first kappa shape index (κ1) is 16.1. The Hall–Kier alpha value is -0.760. The van der Waals surface area contributed by atoms with E-state index in [1.807, 2.05) is 6.07 Å². The maximum atomic E-state index is 12.3. The van der Waals surface area contributed by atoms with Crippen molar-refractivity contribution in [2.45, 2.75) is 32.6 Å². The van der Waals surface area contributed by atoms with Crippen molar-refractivity contribution in [3.63, 3.8) is 0 Å². The lowest BCUT2D eigenvalue weighted by atomic mass is 10.2. The van der Waals surface area contributed by atoms with Gasteiger partial charge in [-0.25, -0.2) is 4.98 Å². The predicted molar refractivity (Wildman–Crippen MR) is 93.0 cm³/mol. The maximum Gasteiger partial charge on any atom is 0.258 e. The minimum absolute atomic E-state index is 0.114. The molecule has 0 amide bonds. The molecule has 1 saturated heterocycles. The zero-order valence-electron chi connectivity index (χ0n) is 12.4. The van der Waals surface area contributed by atoms with Crippen molar-refractivity contribution < 1.29 is 4.74 Å². The summed E-state index contributed by atoms with van der Waals surface area (Å²) in [5.74, 6) is 0.682. The second kappa shape index (κ2) is 6.39. The minimum Gasteiger partial charge on any atom is -0.373 e. The number of nitrogens with one attached hydrogen (secondary N) is 1. The molecule has 1 aromatic heterocycles. The van der Waals surface area contributed by atoms with E-state index >= 15 is 0 Å². The fourth-order valence-electron chi connectivity index (χ4n) is 2.91. The number of benzene rings is 1. The van der Waals surface area contributed by atoms with Gasteiger partial charge in [0.2, 0.25) is 0 Å². The standard InChI is InChI=1S/C15H17Br2N3O2/c1-8-5-20(6-9(2)22-8)7-13-18-14-11(15(21)19-13)3-10(16)4-12(14)17/h3-4,8-9H,5-7H2,1-2H3,(H,18,19,21)/t8-,9-/m0/s1. The Bertz CT molecular complexity index is 752. The van der Waals surface area contributed by atoms with Crippen LogP contribution < -0.4 is 5.56 Å². The van der Waals surface area contributed by atoms with E-state index in [0.29, 0.717) is 23.3 Å². The quantitative estimate of drug-likeness (QED) is 0.795. The van der Waals surface area contributed by atoms with Crippen molar-refractivity contribution in [2.75, 3.05) is 13.1 Å². The normalized spacial score (nSPS) is 23.1. The summed E-state index contributed by atoms with van der Waals surface area (Å²) < 4.78 is 7.40. The van der Waals surface area contributed by atoms with Crippen LogP contribution in [0.5, 0.6) is 0 Å². The number of hydrogen-bond donors (Lipinski definition) is 1. The lowest BCUT2D eigenvalue weighted by Crippen LogP contribution is -2.45. The molecule has 1 aliphatic heterocycles. The fraction of sp³-hybridized carbons (Fsp3) is 0.467. The van der Waals surface area contributed by atoms with E-state index in [1.165, 1.54) is 0 Å². The Labute approximate surface area is 145 Å². The molecule has 1 fully saturated rings. The molecular formula is C15H17Br2N3O2. The van der Waals surface area contributed by atoms with Gasteiger partial charge >= 0.3 is 0 Å². The number of aromatic nitrogens is 2. The molecule has 0 bridgehead atoms. The summed E-state index contributed by atoms with van der Waals surface area (Å²) in [5, 5.41) is 0.578. The summed E-state index contributed by atoms with van der Waals surface area (Å²) in [4.78, 5) is 22.1. The van der Waals surface area contributed by atoms with Gasteiger partial charge in [-0.3, -0.25) is 9.69 Å². The number of hydrogen-bond acceptors (Lipinski definition) is 4. The van der Waals surface area contributed by atoms with Gasteiger partial charge in [0.15, 0.2) is 0 Å². The predicted octanol–water partition coefficient (Wildman–Crippen LogP) is 3.06. The van der Waals surface area contributed by atoms with E-state index in [9.17, 15) is 4.79 Å². The summed E-state index contributed by atoms with van der Waals surface area (Å²) >= 11 is 6.88. The SMILES string of the molecule is C[C@H]1CN(Cc2nc3c(Br)cc(Br)cc3c(=O)[nH]2)C[C@H](C)O1. The number of rotatable bonds is 2. The number of halogens is 2. The van der Waals surface area contributed by atoms with Crippen molar-refractivity contribution >= 4 is 42.8 Å². The molecule has 22 heavy (non-hydrogen) atoms. The lowest BCUT2D eigenvalue weighted by molar-refractivity contribution is -0.0710. The van der Waals surface area contributed by atoms with Crippen LogP contribution in [-0.2, 0) is 11.3 Å². The summed E-state index contributed by atoms with van der Waals surface area (Å²) in [7, 11) is 0. The van der Waals surface area contributed by atoms with Crippen LogP contribution in [0.15, 0.2) is 25.9 Å². The highest BCUT2D eigenvalue weighted by molar-refractivity contribution is 9.11. The Morgan fingerprint density at radius 1 is 1.32 bits per heavy atom. The topological polar surface area (TPSA) is 58.2 Å². The molecule has 2 aromatic rings. The van der Waals surface area contributed by atoms with E-state index in [4.69, 9.17) is 4.74 Å². The number of nitrogens with zero attached hydrogens (tertiary/aromatic N) is 2. The van der Waals surface area contributed by atoms with E-state index in [2.05, 4.69) is 60.6 Å². The molecule has 1 aliphatic rings. The average molecular weight is 431 g/mol. The number of fused-ring (bicyclic) bond motifs is 1. The summed E-state index contributed by atoms with van der Waals surface area (Å²) in [6, 6.07) is 3.69. The molecule has 1 aromatic carbocycles. The third kappa shape index (κ3) is 3.42. The first-order valence-electron chi connectivity index (χ1n) is 7.18. The summed E-state index contributed by atoms with van der Waals surface area (Å²) in [6.07, 6.45) is 0.386. The third-order valence-electron chi connectivity index (χ3n) is 3.65. The molecule has 0 aliphatic carbocycles. The van der Waals surface area contributed by atoms with Gasteiger partial charge in [0.25, 0.3) is 5.56 Å². The van der Waals surface area contributed by atoms with Crippen LogP contribution in [0.1, 0.15) is 19.7 Å². The Morgan fingerprint density at radius 3 is 2.68 bits per heavy atom. The van der Waals surface area contributed by atoms with Gasteiger partial charge in [0.05, 0.1) is 29.7 Å². The van der Waals surface area contributed by atoms with Gasteiger partial charge in [-0.15, -0.1) is 0 Å². The first-order valence-corrected chi connectivity index (χ1v) is 8.76. The van der Waals surface area contributed by atoms with Crippen LogP contribution in [0.25, 0.3) is 10.9 Å². The number of H-pyrrole nitrogens is 1. The van der Waals surface area contributed by atoms with E-state index in [1.54, 1.807) is 6.07 Å². The molecular weight excluding hydrogens is 414 g/mol. The van der Waals surface area contributed by atoms with Gasteiger partial charge in [0.1, 0.15) is 5.82 Å². The molecule has 2 heterocycles. The average Bonchev–Trinajstić information content (AvgIpc) is 2.39. The van der Waals surface area contributed by atoms with Crippen LogP contribution >= 0.6 is 31.9 Å². The Balaban J connectivity index is 1.93. The third-order valence-corrected chi connectivity index (χ3v) is 4.71. The number of aromatic amines is 1. The molecule has 2 atom stereocenters. The summed E-state index contributed by atoms with van der Waals surface area (Å²) in [6.45, 7) is 6.42. The molecule has 0 spiro atoms. The number of morpholine rings is 1. The highest BCUT2D eigenvalue weighted by atomic mass is 79.9. The molecule has 0 unspecified atom stereocenters. The lowest BCUT2D eigenvalue weighted by Gasteiger charge is -2.34. The molecule has 1 N–H and O–H groups in total. The van der Waals surface area contributed by atoms with E-state index in [-0.39, 0.29) is 17.8 Å². The smallest absolute Gasteiger partial charge is 0.258 e. The van der Waals surface area contributed by atoms with Crippen molar-refractivity contribution in [1.82, 2.24) is 14.9 Å². The number of ether oxygens (including phenoxy) is 1. The second-order valence-corrected chi connectivity index (χ2v) is 7.52. The van der Waals surface area contributed by atoms with Crippen molar-refractivity contribution in [2.24, 2.45) is 0 Å². The van der Waals surface area contributed by atoms with Crippen molar-refractivity contribution in [3.8, 4) is 0 Å². The van der Waals surface area contributed by atoms with Crippen LogP contribution in [0.4, 0.5) is 0 Å². The Morgan fingerprint density at radius 2 is 2.00 bits per heavy atom. The van der Waals surface area contributed by atoms with Crippen LogP contribution in [0.2, 0.25) is 0 Å². The van der Waals surface area contributed by atoms with Gasteiger partial charge in [-0.2, -0.15) is 0 Å². The van der Waals surface area contributed by atoms with Crippen molar-refractivity contribution in [1.29, 1.82) is 0 Å². The molecule has 0 saturated carbocycles. The zero-order valence-corrected chi connectivity index (χ0v) is 15.6. The largest absolute Gasteiger partial charge is 0.373 e. The molecule has 7 heteroatoms. The van der Waals surface area contributed by atoms with Crippen LogP contribution in [0, 0.1) is 0 Å². The van der Waals surface area contributed by atoms with E-state index < -0.39 is 0 Å². The molecule has 118 valence electrons. The first-order chi connectivity index (χ1) is 10.4. The maximum absolute atomic E-state index is 12.3.